The van der Waals surface area contributed by atoms with E-state index >= 15 is 0 Å². The van der Waals surface area contributed by atoms with Gasteiger partial charge < -0.3 is 10.6 Å². The second-order valence-electron chi connectivity index (χ2n) is 5.34. The predicted octanol–water partition coefficient (Wildman–Crippen LogP) is 0.316. The van der Waals surface area contributed by atoms with Gasteiger partial charge in [0, 0.05) is 25.6 Å². The van der Waals surface area contributed by atoms with E-state index in [0.717, 1.165) is 6.42 Å². The molecule has 106 valence electrons. The Hall–Kier alpha value is -0.620. The Labute approximate surface area is 110 Å². The van der Waals surface area contributed by atoms with E-state index in [1.54, 1.807) is 0 Å². The zero-order valence-electron chi connectivity index (χ0n) is 11.2. The molecule has 0 bridgehead atoms. The van der Waals surface area contributed by atoms with Crippen molar-refractivity contribution in [3.8, 4) is 0 Å². The van der Waals surface area contributed by atoms with Gasteiger partial charge in [0.2, 0.25) is 5.91 Å². The summed E-state index contributed by atoms with van der Waals surface area (Å²) in [6, 6.07) is 0.0264. The normalized spacial score (nSPS) is 22.3. The van der Waals surface area contributed by atoms with Crippen LogP contribution in [0.15, 0.2) is 0 Å². The zero-order chi connectivity index (χ0) is 13.6. The van der Waals surface area contributed by atoms with E-state index in [1.807, 2.05) is 0 Å². The standard InChI is InChI=1S/C12H24N2O3S/c1-10(2)3-6-14-12(15)4-7-13-11-5-8-18(16,17)9-11/h10-11,13H,3-9H2,1-2H3,(H,14,15). The summed E-state index contributed by atoms with van der Waals surface area (Å²) in [4.78, 5) is 11.5. The molecule has 1 saturated heterocycles. The minimum absolute atomic E-state index is 0.0264. The second kappa shape index (κ2) is 7.09. The lowest BCUT2D eigenvalue weighted by Crippen LogP contribution is -2.34. The largest absolute Gasteiger partial charge is 0.356 e. The van der Waals surface area contributed by atoms with Gasteiger partial charge in [0.25, 0.3) is 0 Å². The second-order valence-corrected chi connectivity index (χ2v) is 7.57. The summed E-state index contributed by atoms with van der Waals surface area (Å²) in [7, 11) is -2.83. The first-order valence-corrected chi connectivity index (χ1v) is 8.41. The number of hydrogen-bond donors (Lipinski definition) is 2. The summed E-state index contributed by atoms with van der Waals surface area (Å²) in [5.74, 6) is 1.10. The average molecular weight is 276 g/mol. The van der Waals surface area contributed by atoms with Crippen molar-refractivity contribution in [2.24, 2.45) is 5.92 Å². The highest BCUT2D eigenvalue weighted by molar-refractivity contribution is 7.91. The third kappa shape index (κ3) is 6.35. The van der Waals surface area contributed by atoms with Gasteiger partial charge in [-0.3, -0.25) is 4.79 Å². The SMILES string of the molecule is CC(C)CCNC(=O)CCNC1CCS(=O)(=O)C1. The Morgan fingerprint density at radius 3 is 2.61 bits per heavy atom. The summed E-state index contributed by atoms with van der Waals surface area (Å²) < 4.78 is 22.4. The van der Waals surface area contributed by atoms with Crippen molar-refractivity contribution in [1.29, 1.82) is 0 Å². The van der Waals surface area contributed by atoms with Crippen molar-refractivity contribution in [2.75, 3.05) is 24.6 Å². The number of amides is 1. The Kier molecular flexibility index (Phi) is 6.08. The molecule has 6 heteroatoms. The minimum atomic E-state index is -2.83. The molecule has 0 aromatic heterocycles. The van der Waals surface area contributed by atoms with Gasteiger partial charge in [0.15, 0.2) is 9.84 Å². The lowest BCUT2D eigenvalue weighted by molar-refractivity contribution is -0.121. The van der Waals surface area contributed by atoms with Crippen LogP contribution in [0.3, 0.4) is 0 Å². The molecule has 1 aliphatic heterocycles. The van der Waals surface area contributed by atoms with Gasteiger partial charge in [0.05, 0.1) is 11.5 Å². The van der Waals surface area contributed by atoms with E-state index in [4.69, 9.17) is 0 Å². The molecule has 0 spiro atoms. The van der Waals surface area contributed by atoms with Crippen LogP contribution in [-0.4, -0.2) is 45.0 Å². The number of nitrogens with one attached hydrogen (secondary N) is 2. The molecule has 0 saturated carbocycles. The molecule has 1 unspecified atom stereocenters. The summed E-state index contributed by atoms with van der Waals surface area (Å²) >= 11 is 0. The van der Waals surface area contributed by atoms with Gasteiger partial charge in [-0.05, 0) is 18.8 Å². The Balaban J connectivity index is 2.06. The van der Waals surface area contributed by atoms with Crippen molar-refractivity contribution < 1.29 is 13.2 Å². The maximum Gasteiger partial charge on any atom is 0.221 e. The first kappa shape index (κ1) is 15.4. The maximum atomic E-state index is 11.5. The third-order valence-electron chi connectivity index (χ3n) is 3.06. The summed E-state index contributed by atoms with van der Waals surface area (Å²) in [5.41, 5.74) is 0. The Morgan fingerprint density at radius 2 is 2.06 bits per heavy atom. The highest BCUT2D eigenvalue weighted by Crippen LogP contribution is 2.10. The van der Waals surface area contributed by atoms with Crippen LogP contribution in [0.25, 0.3) is 0 Å². The van der Waals surface area contributed by atoms with E-state index in [9.17, 15) is 13.2 Å². The molecule has 1 amide bonds. The third-order valence-corrected chi connectivity index (χ3v) is 4.83. The summed E-state index contributed by atoms with van der Waals surface area (Å²) in [6.45, 7) is 5.50. The molecule has 5 nitrogen and oxygen atoms in total. The van der Waals surface area contributed by atoms with E-state index in [2.05, 4.69) is 24.5 Å². The molecule has 1 rings (SSSR count). The molecule has 0 radical (unpaired) electrons. The molecule has 1 atom stereocenters. The van der Waals surface area contributed by atoms with Gasteiger partial charge in [-0.1, -0.05) is 13.8 Å². The topological polar surface area (TPSA) is 75.3 Å². The highest BCUT2D eigenvalue weighted by Gasteiger charge is 2.27. The lowest BCUT2D eigenvalue weighted by atomic mass is 10.1. The smallest absolute Gasteiger partial charge is 0.221 e. The zero-order valence-corrected chi connectivity index (χ0v) is 12.1. The summed E-state index contributed by atoms with van der Waals surface area (Å²) in [6.07, 6.45) is 2.06. The molecular formula is C12H24N2O3S. The number of carbonyl (C=O) groups is 1. The quantitative estimate of drug-likeness (QED) is 0.702. The Bertz CT molecular complexity index is 366. The predicted molar refractivity (Wildman–Crippen MR) is 72.1 cm³/mol. The number of hydrogen-bond acceptors (Lipinski definition) is 4. The van der Waals surface area contributed by atoms with Crippen molar-refractivity contribution in [3.05, 3.63) is 0 Å². The summed E-state index contributed by atoms with van der Waals surface area (Å²) in [5, 5.41) is 5.99. The van der Waals surface area contributed by atoms with Gasteiger partial charge >= 0.3 is 0 Å². The van der Waals surface area contributed by atoms with Gasteiger partial charge in [-0.25, -0.2) is 8.42 Å². The number of carbonyl (C=O) groups excluding carboxylic acids is 1. The first-order chi connectivity index (χ1) is 8.39. The maximum absolute atomic E-state index is 11.5. The van der Waals surface area contributed by atoms with Crippen LogP contribution >= 0.6 is 0 Å². The van der Waals surface area contributed by atoms with E-state index in [0.29, 0.717) is 31.8 Å². The monoisotopic (exact) mass is 276 g/mol. The van der Waals surface area contributed by atoms with Gasteiger partial charge in [-0.15, -0.1) is 0 Å². The molecule has 2 N–H and O–H groups in total. The highest BCUT2D eigenvalue weighted by atomic mass is 32.2. The van der Waals surface area contributed by atoms with Crippen molar-refractivity contribution in [3.63, 3.8) is 0 Å². The minimum Gasteiger partial charge on any atom is -0.356 e. The fourth-order valence-electron chi connectivity index (χ4n) is 1.93. The van der Waals surface area contributed by atoms with Gasteiger partial charge in [-0.2, -0.15) is 0 Å². The molecule has 1 aliphatic rings. The van der Waals surface area contributed by atoms with Crippen molar-refractivity contribution in [2.45, 2.75) is 39.2 Å². The molecule has 0 aliphatic carbocycles. The van der Waals surface area contributed by atoms with Gasteiger partial charge in [0.1, 0.15) is 0 Å². The molecule has 18 heavy (non-hydrogen) atoms. The fourth-order valence-corrected chi connectivity index (χ4v) is 3.64. The fraction of sp³-hybridized carbons (Fsp3) is 0.917. The van der Waals surface area contributed by atoms with Crippen LogP contribution in [0.1, 0.15) is 33.1 Å². The molecular weight excluding hydrogens is 252 g/mol. The lowest BCUT2D eigenvalue weighted by Gasteiger charge is -2.11. The molecule has 0 aromatic rings. The van der Waals surface area contributed by atoms with Crippen molar-refractivity contribution >= 4 is 15.7 Å². The van der Waals surface area contributed by atoms with Crippen molar-refractivity contribution in [1.82, 2.24) is 10.6 Å². The van der Waals surface area contributed by atoms with Crippen LogP contribution in [0.2, 0.25) is 0 Å². The van der Waals surface area contributed by atoms with Crippen LogP contribution < -0.4 is 10.6 Å². The van der Waals surface area contributed by atoms with Crippen LogP contribution in [0.5, 0.6) is 0 Å². The van der Waals surface area contributed by atoms with Crippen LogP contribution in [0.4, 0.5) is 0 Å². The Morgan fingerprint density at radius 1 is 1.33 bits per heavy atom. The average Bonchev–Trinajstić information content (AvgIpc) is 2.57. The van der Waals surface area contributed by atoms with E-state index in [-0.39, 0.29) is 23.5 Å². The molecule has 1 fully saturated rings. The molecule has 1 heterocycles. The molecule has 0 aromatic carbocycles. The van der Waals surface area contributed by atoms with Crippen LogP contribution in [-0.2, 0) is 14.6 Å². The van der Waals surface area contributed by atoms with Crippen LogP contribution in [0, 0.1) is 5.92 Å². The number of sulfone groups is 1. The number of rotatable bonds is 7. The first-order valence-electron chi connectivity index (χ1n) is 6.59. The van der Waals surface area contributed by atoms with E-state index in [1.165, 1.54) is 0 Å². The van der Waals surface area contributed by atoms with E-state index < -0.39 is 9.84 Å².